The number of carboxylic acid groups (broad SMARTS) is 1. The van der Waals surface area contributed by atoms with E-state index in [0.717, 1.165) is 23.7 Å². The summed E-state index contributed by atoms with van der Waals surface area (Å²) in [5, 5.41) is 12.5. The van der Waals surface area contributed by atoms with Gasteiger partial charge in [-0.25, -0.2) is 4.79 Å². The van der Waals surface area contributed by atoms with Crippen LogP contribution in [0.25, 0.3) is 10.9 Å². The number of aromatic nitrogens is 1. The number of benzene rings is 1. The van der Waals surface area contributed by atoms with Crippen LogP contribution >= 0.6 is 0 Å². The van der Waals surface area contributed by atoms with Gasteiger partial charge in [0.1, 0.15) is 6.04 Å². The second kappa shape index (κ2) is 6.83. The molecule has 2 rings (SSSR count). The molecule has 0 aliphatic rings. The molecule has 0 radical (unpaired) electrons. The Bertz CT molecular complexity index is 655. The predicted molar refractivity (Wildman–Crippen MR) is 80.2 cm³/mol. The van der Waals surface area contributed by atoms with Crippen molar-refractivity contribution in [3.8, 4) is 0 Å². The fourth-order valence-electron chi connectivity index (χ4n) is 2.10. The van der Waals surface area contributed by atoms with Crippen molar-refractivity contribution >= 4 is 22.8 Å². The standard InChI is InChI=1S/C16H18N2O3/c1-2-3-7-14(16(20)21)18-15(19)12-9-11-6-4-5-8-13(11)17-10-12/h4-6,8-10,14H,2-3,7H2,1H3,(H,18,19)(H,20,21)/t14-/m1/s1. The van der Waals surface area contributed by atoms with Gasteiger partial charge in [0.05, 0.1) is 11.1 Å². The summed E-state index contributed by atoms with van der Waals surface area (Å²) < 4.78 is 0. The average Bonchev–Trinajstić information content (AvgIpc) is 2.50. The lowest BCUT2D eigenvalue weighted by Crippen LogP contribution is -2.40. The number of carbonyl (C=O) groups excluding carboxylic acids is 1. The first-order valence-electron chi connectivity index (χ1n) is 7.00. The van der Waals surface area contributed by atoms with Gasteiger partial charge in [0.2, 0.25) is 0 Å². The van der Waals surface area contributed by atoms with Gasteiger partial charge in [-0.05, 0) is 18.6 Å². The van der Waals surface area contributed by atoms with Crippen molar-refractivity contribution < 1.29 is 14.7 Å². The number of carbonyl (C=O) groups is 2. The molecule has 0 fully saturated rings. The van der Waals surface area contributed by atoms with Crippen LogP contribution in [0, 0.1) is 0 Å². The molecule has 1 aromatic carbocycles. The average molecular weight is 286 g/mol. The summed E-state index contributed by atoms with van der Waals surface area (Å²) in [7, 11) is 0. The molecule has 5 nitrogen and oxygen atoms in total. The van der Waals surface area contributed by atoms with E-state index in [0.29, 0.717) is 12.0 Å². The topological polar surface area (TPSA) is 79.3 Å². The summed E-state index contributed by atoms with van der Waals surface area (Å²) in [6, 6.07) is 8.33. The molecule has 1 atom stereocenters. The lowest BCUT2D eigenvalue weighted by molar-refractivity contribution is -0.139. The minimum Gasteiger partial charge on any atom is -0.480 e. The third-order valence-electron chi connectivity index (χ3n) is 3.30. The molecule has 1 heterocycles. The van der Waals surface area contributed by atoms with Crippen molar-refractivity contribution in [1.29, 1.82) is 0 Å². The monoisotopic (exact) mass is 286 g/mol. The van der Waals surface area contributed by atoms with Crippen molar-refractivity contribution in [3.05, 3.63) is 42.1 Å². The van der Waals surface area contributed by atoms with Gasteiger partial charge in [0.15, 0.2) is 0 Å². The summed E-state index contributed by atoms with van der Waals surface area (Å²) in [6.07, 6.45) is 3.54. The Hall–Kier alpha value is -2.43. The molecule has 0 saturated carbocycles. The minimum absolute atomic E-state index is 0.372. The lowest BCUT2D eigenvalue weighted by Gasteiger charge is -2.14. The highest BCUT2D eigenvalue weighted by Crippen LogP contribution is 2.13. The van der Waals surface area contributed by atoms with Crippen LogP contribution in [0.2, 0.25) is 0 Å². The highest BCUT2D eigenvalue weighted by atomic mass is 16.4. The molecule has 21 heavy (non-hydrogen) atoms. The Kier molecular flexibility index (Phi) is 4.87. The molecule has 1 amide bonds. The number of hydrogen-bond donors (Lipinski definition) is 2. The van der Waals surface area contributed by atoms with E-state index in [1.54, 1.807) is 6.07 Å². The van der Waals surface area contributed by atoms with Crippen molar-refractivity contribution in [1.82, 2.24) is 10.3 Å². The Morgan fingerprint density at radius 2 is 2.10 bits per heavy atom. The highest BCUT2D eigenvalue weighted by molar-refractivity contribution is 5.99. The highest BCUT2D eigenvalue weighted by Gasteiger charge is 2.20. The van der Waals surface area contributed by atoms with E-state index in [9.17, 15) is 9.59 Å². The molecular weight excluding hydrogens is 268 g/mol. The number of carboxylic acids is 1. The fourth-order valence-corrected chi connectivity index (χ4v) is 2.10. The van der Waals surface area contributed by atoms with Crippen LogP contribution < -0.4 is 5.32 Å². The number of pyridine rings is 1. The van der Waals surface area contributed by atoms with Crippen molar-refractivity contribution in [3.63, 3.8) is 0 Å². The number of aliphatic carboxylic acids is 1. The maximum atomic E-state index is 12.2. The van der Waals surface area contributed by atoms with Crippen LogP contribution in [-0.2, 0) is 4.79 Å². The summed E-state index contributed by atoms with van der Waals surface area (Å²) in [4.78, 5) is 27.5. The van der Waals surface area contributed by atoms with E-state index in [1.165, 1.54) is 6.20 Å². The van der Waals surface area contributed by atoms with Gasteiger partial charge in [0, 0.05) is 11.6 Å². The first-order chi connectivity index (χ1) is 10.1. The number of fused-ring (bicyclic) bond motifs is 1. The van der Waals surface area contributed by atoms with Crippen molar-refractivity contribution in [2.75, 3.05) is 0 Å². The zero-order chi connectivity index (χ0) is 15.2. The van der Waals surface area contributed by atoms with Crippen molar-refractivity contribution in [2.24, 2.45) is 0 Å². The summed E-state index contributed by atoms with van der Waals surface area (Å²) in [5.74, 6) is -1.41. The minimum atomic E-state index is -1.01. The normalized spacial score (nSPS) is 12.0. The summed E-state index contributed by atoms with van der Waals surface area (Å²) >= 11 is 0. The number of hydrogen-bond acceptors (Lipinski definition) is 3. The van der Waals surface area contributed by atoms with Gasteiger partial charge in [0.25, 0.3) is 5.91 Å². The third-order valence-corrected chi connectivity index (χ3v) is 3.30. The first kappa shape index (κ1) is 15.0. The third kappa shape index (κ3) is 3.78. The largest absolute Gasteiger partial charge is 0.480 e. The zero-order valence-electron chi connectivity index (χ0n) is 11.9. The summed E-state index contributed by atoms with van der Waals surface area (Å²) in [5.41, 5.74) is 1.17. The van der Waals surface area contributed by atoms with E-state index in [4.69, 9.17) is 5.11 Å². The molecule has 2 N–H and O–H groups in total. The molecule has 2 aromatic rings. The Balaban J connectivity index is 2.15. The second-order valence-corrected chi connectivity index (χ2v) is 4.92. The second-order valence-electron chi connectivity index (χ2n) is 4.92. The molecule has 0 unspecified atom stereocenters. The van der Waals surface area contributed by atoms with Gasteiger partial charge < -0.3 is 10.4 Å². The molecule has 0 saturated heterocycles. The molecule has 1 aromatic heterocycles. The molecule has 110 valence electrons. The van der Waals surface area contributed by atoms with E-state index >= 15 is 0 Å². The van der Waals surface area contributed by atoms with Crippen LogP contribution in [0.1, 0.15) is 36.5 Å². The number of nitrogens with one attached hydrogen (secondary N) is 1. The SMILES string of the molecule is CCCC[C@@H](NC(=O)c1cnc2ccccc2c1)C(=O)O. The van der Waals surface area contributed by atoms with E-state index in [1.807, 2.05) is 31.2 Å². The fraction of sp³-hybridized carbons (Fsp3) is 0.312. The molecule has 0 aliphatic heterocycles. The van der Waals surface area contributed by atoms with Gasteiger partial charge in [-0.2, -0.15) is 0 Å². The number of para-hydroxylation sites is 1. The number of unbranched alkanes of at least 4 members (excludes halogenated alkanes) is 1. The van der Waals surface area contributed by atoms with Crippen molar-refractivity contribution in [2.45, 2.75) is 32.2 Å². The maximum absolute atomic E-state index is 12.2. The quantitative estimate of drug-likeness (QED) is 0.855. The maximum Gasteiger partial charge on any atom is 0.326 e. The molecule has 5 heteroatoms. The molecule has 0 bridgehead atoms. The van der Waals surface area contributed by atoms with Crippen LogP contribution in [0.4, 0.5) is 0 Å². The number of nitrogens with zero attached hydrogens (tertiary/aromatic N) is 1. The molecule has 0 spiro atoms. The van der Waals surface area contributed by atoms with Crippen LogP contribution in [0.5, 0.6) is 0 Å². The molecule has 0 aliphatic carbocycles. The summed E-state index contributed by atoms with van der Waals surface area (Å²) in [6.45, 7) is 1.98. The van der Waals surface area contributed by atoms with Crippen LogP contribution in [-0.4, -0.2) is 28.0 Å². The Morgan fingerprint density at radius 1 is 1.33 bits per heavy atom. The van der Waals surface area contributed by atoms with E-state index in [2.05, 4.69) is 10.3 Å². The lowest BCUT2D eigenvalue weighted by atomic mass is 10.1. The van der Waals surface area contributed by atoms with E-state index in [-0.39, 0.29) is 0 Å². The smallest absolute Gasteiger partial charge is 0.326 e. The van der Waals surface area contributed by atoms with Crippen LogP contribution in [0.3, 0.4) is 0 Å². The Labute approximate surface area is 123 Å². The number of amides is 1. The zero-order valence-corrected chi connectivity index (χ0v) is 11.9. The van der Waals surface area contributed by atoms with Crippen LogP contribution in [0.15, 0.2) is 36.5 Å². The number of rotatable bonds is 6. The van der Waals surface area contributed by atoms with Gasteiger partial charge in [-0.3, -0.25) is 9.78 Å². The van der Waals surface area contributed by atoms with E-state index < -0.39 is 17.9 Å². The molecular formula is C16H18N2O3. The van der Waals surface area contributed by atoms with Gasteiger partial charge >= 0.3 is 5.97 Å². The first-order valence-corrected chi connectivity index (χ1v) is 7.00. The predicted octanol–water partition coefficient (Wildman–Crippen LogP) is 2.61. The van der Waals surface area contributed by atoms with Gasteiger partial charge in [-0.1, -0.05) is 38.0 Å². The van der Waals surface area contributed by atoms with Gasteiger partial charge in [-0.15, -0.1) is 0 Å². The Morgan fingerprint density at radius 3 is 2.81 bits per heavy atom.